The third-order valence-electron chi connectivity index (χ3n) is 3.89. The molecule has 0 radical (unpaired) electrons. The highest BCUT2D eigenvalue weighted by Gasteiger charge is 2.31. The number of benzene rings is 1. The van der Waals surface area contributed by atoms with Crippen molar-refractivity contribution in [2.45, 2.75) is 46.6 Å². The summed E-state index contributed by atoms with van der Waals surface area (Å²) in [5.74, 6) is 0.303. The van der Waals surface area contributed by atoms with Crippen LogP contribution in [0.25, 0.3) is 0 Å². The zero-order valence-corrected chi connectivity index (χ0v) is 16.3. The van der Waals surface area contributed by atoms with Gasteiger partial charge >= 0.3 is 6.36 Å². The van der Waals surface area contributed by atoms with E-state index in [0.29, 0.717) is 24.6 Å². The number of halogens is 3. The van der Waals surface area contributed by atoms with E-state index >= 15 is 0 Å². The number of alkyl halides is 3. The van der Waals surface area contributed by atoms with Gasteiger partial charge in [0.05, 0.1) is 12.2 Å². The minimum atomic E-state index is -4.73. The predicted molar refractivity (Wildman–Crippen MR) is 102 cm³/mol. The van der Waals surface area contributed by atoms with Crippen LogP contribution < -0.4 is 15.4 Å². The first kappa shape index (κ1) is 21.6. The summed E-state index contributed by atoms with van der Waals surface area (Å²) in [5, 5.41) is 10.7. The zero-order valence-electron chi connectivity index (χ0n) is 16.3. The fourth-order valence-electron chi connectivity index (χ4n) is 2.70. The van der Waals surface area contributed by atoms with Gasteiger partial charge in [0, 0.05) is 30.9 Å². The normalized spacial score (nSPS) is 12.1. The molecular weight excluding hydrogens is 371 g/mol. The molecule has 6 nitrogen and oxygen atoms in total. The number of ether oxygens (including phenoxy) is 1. The quantitative estimate of drug-likeness (QED) is 0.406. The van der Waals surface area contributed by atoms with Crippen molar-refractivity contribution >= 4 is 5.96 Å². The van der Waals surface area contributed by atoms with Gasteiger partial charge in [-0.05, 0) is 39.3 Å². The lowest BCUT2D eigenvalue weighted by atomic mass is 10.2. The maximum Gasteiger partial charge on any atom is 0.573 e. The van der Waals surface area contributed by atoms with Gasteiger partial charge in [-0.15, -0.1) is 13.2 Å². The number of aliphatic imine (C=N–C) groups is 1. The molecule has 2 N–H and O–H groups in total. The summed E-state index contributed by atoms with van der Waals surface area (Å²) in [6, 6.07) is 8.03. The molecule has 2 aromatic rings. The first-order chi connectivity index (χ1) is 13.3. The Labute approximate surface area is 162 Å². The molecule has 9 heteroatoms. The second kappa shape index (κ2) is 10.0. The summed E-state index contributed by atoms with van der Waals surface area (Å²) in [6.07, 6.45) is -3.90. The van der Waals surface area contributed by atoms with Crippen molar-refractivity contribution < 1.29 is 17.9 Å². The molecule has 0 aliphatic carbocycles. The van der Waals surface area contributed by atoms with Crippen LogP contribution in [0.15, 0.2) is 35.3 Å². The van der Waals surface area contributed by atoms with Gasteiger partial charge in [-0.3, -0.25) is 4.68 Å². The first-order valence-electron chi connectivity index (χ1n) is 9.15. The number of nitrogens with zero attached hydrogens (tertiary/aromatic N) is 3. The number of rotatable bonds is 8. The molecule has 0 aliphatic rings. The average molecular weight is 397 g/mol. The SMILES string of the molecule is CCNC(=NCc1ccccc1OC(F)(F)F)NCCCn1nc(C)cc1C. The number of aromatic nitrogens is 2. The third-order valence-corrected chi connectivity index (χ3v) is 3.89. The molecule has 2 rings (SSSR count). The minimum absolute atomic E-state index is 0.0685. The maximum atomic E-state index is 12.5. The Morgan fingerprint density at radius 3 is 2.61 bits per heavy atom. The molecule has 1 aromatic carbocycles. The molecule has 0 amide bonds. The summed E-state index contributed by atoms with van der Waals surface area (Å²) in [5.41, 5.74) is 2.46. The summed E-state index contributed by atoms with van der Waals surface area (Å²) in [4.78, 5) is 4.37. The minimum Gasteiger partial charge on any atom is -0.405 e. The lowest BCUT2D eigenvalue weighted by Crippen LogP contribution is -2.38. The van der Waals surface area contributed by atoms with Gasteiger partial charge in [0.1, 0.15) is 5.75 Å². The van der Waals surface area contributed by atoms with E-state index in [4.69, 9.17) is 0 Å². The highest BCUT2D eigenvalue weighted by molar-refractivity contribution is 5.79. The molecule has 0 fully saturated rings. The fraction of sp³-hybridized carbons (Fsp3) is 0.474. The molecule has 0 aliphatic heterocycles. The number of nitrogens with one attached hydrogen (secondary N) is 2. The Balaban J connectivity index is 1.92. The van der Waals surface area contributed by atoms with E-state index in [-0.39, 0.29) is 12.3 Å². The van der Waals surface area contributed by atoms with Crippen LogP contribution in [0.5, 0.6) is 5.75 Å². The lowest BCUT2D eigenvalue weighted by molar-refractivity contribution is -0.274. The maximum absolute atomic E-state index is 12.5. The van der Waals surface area contributed by atoms with Crippen molar-refractivity contribution in [3.05, 3.63) is 47.3 Å². The number of hydrogen-bond donors (Lipinski definition) is 2. The largest absolute Gasteiger partial charge is 0.573 e. The van der Waals surface area contributed by atoms with Crippen molar-refractivity contribution in [3.63, 3.8) is 0 Å². The van der Waals surface area contributed by atoms with Crippen molar-refractivity contribution in [1.29, 1.82) is 0 Å². The first-order valence-corrected chi connectivity index (χ1v) is 9.15. The summed E-state index contributed by atoms with van der Waals surface area (Å²) in [6.45, 7) is 8.04. The summed E-state index contributed by atoms with van der Waals surface area (Å²) in [7, 11) is 0. The second-order valence-corrected chi connectivity index (χ2v) is 6.28. The molecule has 0 unspecified atom stereocenters. The van der Waals surface area contributed by atoms with Crippen molar-refractivity contribution in [3.8, 4) is 5.75 Å². The van der Waals surface area contributed by atoms with Crippen LogP contribution in [-0.2, 0) is 13.1 Å². The number of aryl methyl sites for hydroxylation is 3. The predicted octanol–water partition coefficient (Wildman–Crippen LogP) is 3.54. The van der Waals surface area contributed by atoms with Crippen molar-refractivity contribution in [2.75, 3.05) is 13.1 Å². The zero-order chi connectivity index (χ0) is 20.6. The van der Waals surface area contributed by atoms with Crippen LogP contribution in [0.2, 0.25) is 0 Å². The van der Waals surface area contributed by atoms with Gasteiger partial charge in [-0.25, -0.2) is 4.99 Å². The molecule has 0 bridgehead atoms. The Bertz CT molecular complexity index is 786. The van der Waals surface area contributed by atoms with Gasteiger partial charge in [-0.2, -0.15) is 5.10 Å². The Hall–Kier alpha value is -2.71. The van der Waals surface area contributed by atoms with Crippen LogP contribution in [0, 0.1) is 13.8 Å². The van der Waals surface area contributed by atoms with Gasteiger partial charge in [0.2, 0.25) is 0 Å². The number of hydrogen-bond acceptors (Lipinski definition) is 3. The standard InChI is InChI=1S/C19H26F3N5O/c1-4-23-18(24-10-7-11-27-15(3)12-14(2)26-27)25-13-16-8-5-6-9-17(16)28-19(20,21)22/h5-6,8-9,12H,4,7,10-11,13H2,1-3H3,(H2,23,24,25). The molecule has 1 heterocycles. The van der Waals surface area contributed by atoms with Crippen LogP contribution in [0.1, 0.15) is 30.3 Å². The molecule has 28 heavy (non-hydrogen) atoms. The second-order valence-electron chi connectivity index (χ2n) is 6.28. The Morgan fingerprint density at radius 1 is 1.21 bits per heavy atom. The molecule has 154 valence electrons. The summed E-state index contributed by atoms with van der Waals surface area (Å²) >= 11 is 0. The van der Waals surface area contributed by atoms with E-state index in [9.17, 15) is 13.2 Å². The highest BCUT2D eigenvalue weighted by atomic mass is 19.4. The van der Waals surface area contributed by atoms with E-state index in [1.807, 2.05) is 31.5 Å². The van der Waals surface area contributed by atoms with Crippen LogP contribution >= 0.6 is 0 Å². The molecule has 1 aromatic heterocycles. The topological polar surface area (TPSA) is 63.5 Å². The molecule has 0 spiro atoms. The van der Waals surface area contributed by atoms with E-state index in [0.717, 1.165) is 24.4 Å². The lowest BCUT2D eigenvalue weighted by Gasteiger charge is -2.14. The Kier molecular flexibility index (Phi) is 7.71. The number of guanidine groups is 1. The monoisotopic (exact) mass is 397 g/mol. The van der Waals surface area contributed by atoms with E-state index in [1.54, 1.807) is 12.1 Å². The van der Waals surface area contributed by atoms with Crippen LogP contribution in [-0.4, -0.2) is 35.2 Å². The highest BCUT2D eigenvalue weighted by Crippen LogP contribution is 2.26. The average Bonchev–Trinajstić information content (AvgIpc) is 2.93. The van der Waals surface area contributed by atoms with Gasteiger partial charge in [-0.1, -0.05) is 18.2 Å². The fourth-order valence-corrected chi connectivity index (χ4v) is 2.70. The molecule has 0 saturated carbocycles. The van der Waals surface area contributed by atoms with Gasteiger partial charge < -0.3 is 15.4 Å². The smallest absolute Gasteiger partial charge is 0.405 e. The summed E-state index contributed by atoms with van der Waals surface area (Å²) < 4.78 is 43.6. The Morgan fingerprint density at radius 2 is 1.96 bits per heavy atom. The van der Waals surface area contributed by atoms with E-state index < -0.39 is 6.36 Å². The molecule has 0 saturated heterocycles. The van der Waals surface area contributed by atoms with E-state index in [2.05, 4.69) is 25.5 Å². The van der Waals surface area contributed by atoms with Crippen molar-refractivity contribution in [2.24, 2.45) is 4.99 Å². The van der Waals surface area contributed by atoms with Gasteiger partial charge in [0.25, 0.3) is 0 Å². The number of para-hydroxylation sites is 1. The van der Waals surface area contributed by atoms with Gasteiger partial charge in [0.15, 0.2) is 5.96 Å². The molecule has 0 atom stereocenters. The third kappa shape index (κ3) is 7.13. The van der Waals surface area contributed by atoms with Crippen molar-refractivity contribution in [1.82, 2.24) is 20.4 Å². The van der Waals surface area contributed by atoms with Crippen LogP contribution in [0.3, 0.4) is 0 Å². The van der Waals surface area contributed by atoms with E-state index in [1.165, 1.54) is 12.1 Å². The molecular formula is C19H26F3N5O. The van der Waals surface area contributed by atoms with Crippen LogP contribution in [0.4, 0.5) is 13.2 Å².